The highest BCUT2D eigenvalue weighted by Crippen LogP contribution is 2.40. The number of rotatable bonds is 7. The minimum Gasteiger partial charge on any atom is -0.384 e. The first-order valence-electron chi connectivity index (χ1n) is 6.94. The number of nitrogens with zero attached hydrogens (tertiary/aromatic N) is 2. The molecule has 6 nitrogen and oxygen atoms in total. The summed E-state index contributed by atoms with van der Waals surface area (Å²) in [4.78, 5) is 22.6. The van der Waals surface area contributed by atoms with Crippen LogP contribution in [0.3, 0.4) is 0 Å². The average Bonchev–Trinajstić information content (AvgIpc) is 3.24. The molecule has 1 heterocycles. The lowest BCUT2D eigenvalue weighted by Crippen LogP contribution is -2.27. The lowest BCUT2D eigenvalue weighted by molar-refractivity contribution is -0.386. The average molecular weight is 280 g/mol. The summed E-state index contributed by atoms with van der Waals surface area (Å²) in [6.07, 6.45) is 4.74. The zero-order valence-electron chi connectivity index (χ0n) is 11.9. The third kappa shape index (κ3) is 3.25. The predicted molar refractivity (Wildman–Crippen MR) is 75.0 cm³/mol. The summed E-state index contributed by atoms with van der Waals surface area (Å²) in [6, 6.07) is 1.44. The number of ether oxygens (including phenoxy) is 1. The summed E-state index contributed by atoms with van der Waals surface area (Å²) < 4.78 is 6.61. The fourth-order valence-corrected chi connectivity index (χ4v) is 2.36. The van der Waals surface area contributed by atoms with Crippen LogP contribution >= 0.6 is 0 Å². The van der Waals surface area contributed by atoms with Gasteiger partial charge >= 0.3 is 11.2 Å². The van der Waals surface area contributed by atoms with Crippen molar-refractivity contribution in [1.82, 2.24) is 4.57 Å². The van der Waals surface area contributed by atoms with E-state index in [-0.39, 0.29) is 11.6 Å². The minimum atomic E-state index is -0.581. The van der Waals surface area contributed by atoms with E-state index < -0.39 is 10.5 Å². The molecule has 20 heavy (non-hydrogen) atoms. The van der Waals surface area contributed by atoms with Crippen LogP contribution in [0.15, 0.2) is 17.1 Å². The van der Waals surface area contributed by atoms with E-state index in [1.165, 1.54) is 10.6 Å². The number of hydrogen-bond donors (Lipinski definition) is 0. The second kappa shape index (κ2) is 6.17. The second-order valence-corrected chi connectivity index (χ2v) is 5.38. The van der Waals surface area contributed by atoms with Crippen LogP contribution in [0.1, 0.15) is 37.7 Å². The Kier molecular flexibility index (Phi) is 4.54. The van der Waals surface area contributed by atoms with Crippen molar-refractivity contribution < 1.29 is 9.66 Å². The molecule has 1 aromatic rings. The van der Waals surface area contributed by atoms with E-state index in [1.54, 1.807) is 13.3 Å². The van der Waals surface area contributed by atoms with Crippen molar-refractivity contribution in [3.8, 4) is 0 Å². The van der Waals surface area contributed by atoms with Gasteiger partial charge in [0.05, 0.1) is 11.5 Å². The molecule has 1 saturated carbocycles. The third-order valence-electron chi connectivity index (χ3n) is 3.77. The number of methoxy groups -OCH3 is 1. The van der Waals surface area contributed by atoms with Gasteiger partial charge in [0.1, 0.15) is 0 Å². The molecule has 1 fully saturated rings. The lowest BCUT2D eigenvalue weighted by Gasteiger charge is -2.16. The molecule has 0 aliphatic heterocycles. The maximum atomic E-state index is 12.1. The van der Waals surface area contributed by atoms with Crippen LogP contribution in [0, 0.1) is 16.0 Å². The van der Waals surface area contributed by atoms with Crippen molar-refractivity contribution in [2.24, 2.45) is 5.92 Å². The molecule has 0 spiro atoms. The first-order chi connectivity index (χ1) is 9.56. The summed E-state index contributed by atoms with van der Waals surface area (Å²) in [5, 5.41) is 11.0. The molecule has 0 aromatic carbocycles. The topological polar surface area (TPSA) is 74.4 Å². The predicted octanol–water partition coefficient (Wildman–Crippen LogP) is 2.31. The standard InChI is InChI=1S/C14H20N2O4/c1-3-10(9-20-2)7-15-8-12(11-4-5-11)6-13(14(15)17)16(18)19/h6,8,10-11H,3-5,7,9H2,1-2H3. The van der Waals surface area contributed by atoms with Gasteiger partial charge in [-0.15, -0.1) is 0 Å². The van der Waals surface area contributed by atoms with Crippen LogP contribution in [0.25, 0.3) is 0 Å². The van der Waals surface area contributed by atoms with E-state index in [2.05, 4.69) is 0 Å². The summed E-state index contributed by atoms with van der Waals surface area (Å²) in [5.41, 5.74) is 0.0687. The highest BCUT2D eigenvalue weighted by atomic mass is 16.6. The number of hydrogen-bond acceptors (Lipinski definition) is 4. The van der Waals surface area contributed by atoms with Gasteiger partial charge in [-0.1, -0.05) is 6.92 Å². The summed E-state index contributed by atoms with van der Waals surface area (Å²) in [7, 11) is 1.62. The van der Waals surface area contributed by atoms with Crippen LogP contribution < -0.4 is 5.56 Å². The van der Waals surface area contributed by atoms with Gasteiger partial charge in [-0.3, -0.25) is 14.9 Å². The molecule has 1 unspecified atom stereocenters. The third-order valence-corrected chi connectivity index (χ3v) is 3.77. The molecular weight excluding hydrogens is 260 g/mol. The fraction of sp³-hybridized carbons (Fsp3) is 0.643. The molecule has 0 amide bonds. The SMILES string of the molecule is CCC(COC)Cn1cc(C2CC2)cc([N+](=O)[O-])c1=O. The molecular formula is C14H20N2O4. The Morgan fingerprint density at radius 1 is 1.55 bits per heavy atom. The van der Waals surface area contributed by atoms with Gasteiger partial charge in [-0.2, -0.15) is 0 Å². The van der Waals surface area contributed by atoms with Crippen LogP contribution in [0.5, 0.6) is 0 Å². The number of aromatic nitrogens is 1. The Morgan fingerprint density at radius 3 is 2.75 bits per heavy atom. The van der Waals surface area contributed by atoms with Gasteiger partial charge < -0.3 is 9.30 Å². The van der Waals surface area contributed by atoms with E-state index in [0.29, 0.717) is 19.1 Å². The van der Waals surface area contributed by atoms with Gasteiger partial charge in [-0.25, -0.2) is 0 Å². The van der Waals surface area contributed by atoms with E-state index in [9.17, 15) is 14.9 Å². The first-order valence-corrected chi connectivity index (χ1v) is 6.94. The van der Waals surface area contributed by atoms with Crippen LogP contribution in [-0.4, -0.2) is 23.2 Å². The van der Waals surface area contributed by atoms with Crippen molar-refractivity contribution >= 4 is 5.69 Å². The fourth-order valence-electron chi connectivity index (χ4n) is 2.36. The van der Waals surface area contributed by atoms with Gasteiger partial charge in [0.25, 0.3) is 0 Å². The maximum absolute atomic E-state index is 12.1. The van der Waals surface area contributed by atoms with Crippen LogP contribution in [-0.2, 0) is 11.3 Å². The molecule has 1 aliphatic carbocycles. The van der Waals surface area contributed by atoms with Crippen molar-refractivity contribution in [3.63, 3.8) is 0 Å². The Bertz CT molecular complexity index is 549. The van der Waals surface area contributed by atoms with Crippen LogP contribution in [0.2, 0.25) is 0 Å². The highest BCUT2D eigenvalue weighted by Gasteiger charge is 2.28. The quantitative estimate of drug-likeness (QED) is 0.567. The van der Waals surface area contributed by atoms with Crippen LogP contribution in [0.4, 0.5) is 5.69 Å². The number of nitro groups is 1. The smallest absolute Gasteiger partial charge is 0.334 e. The molecule has 0 bridgehead atoms. The van der Waals surface area contributed by atoms with E-state index in [0.717, 1.165) is 24.8 Å². The minimum absolute atomic E-state index is 0.187. The van der Waals surface area contributed by atoms with Crippen molar-refractivity contribution in [1.29, 1.82) is 0 Å². The second-order valence-electron chi connectivity index (χ2n) is 5.38. The van der Waals surface area contributed by atoms with Gasteiger partial charge in [0.2, 0.25) is 0 Å². The molecule has 0 radical (unpaired) electrons. The van der Waals surface area contributed by atoms with Gasteiger partial charge in [0.15, 0.2) is 0 Å². The van der Waals surface area contributed by atoms with Gasteiger partial charge in [-0.05, 0) is 30.7 Å². The summed E-state index contributed by atoms with van der Waals surface area (Å²) in [6.45, 7) is 3.03. The lowest BCUT2D eigenvalue weighted by atomic mass is 10.1. The van der Waals surface area contributed by atoms with E-state index >= 15 is 0 Å². The largest absolute Gasteiger partial charge is 0.384 e. The number of pyridine rings is 1. The Hall–Kier alpha value is -1.69. The molecule has 0 saturated heterocycles. The Balaban J connectivity index is 2.35. The summed E-state index contributed by atoms with van der Waals surface area (Å²) >= 11 is 0. The maximum Gasteiger partial charge on any atom is 0.334 e. The Labute approximate surface area is 117 Å². The van der Waals surface area contributed by atoms with E-state index in [1.807, 2.05) is 6.92 Å². The highest BCUT2D eigenvalue weighted by molar-refractivity contribution is 5.34. The van der Waals surface area contributed by atoms with Crippen molar-refractivity contribution in [2.45, 2.75) is 38.6 Å². The Morgan fingerprint density at radius 2 is 2.25 bits per heavy atom. The molecule has 6 heteroatoms. The molecule has 2 rings (SSSR count). The zero-order chi connectivity index (χ0) is 14.7. The summed E-state index contributed by atoms with van der Waals surface area (Å²) in [5.74, 6) is 0.565. The van der Waals surface area contributed by atoms with Crippen molar-refractivity contribution in [2.75, 3.05) is 13.7 Å². The molecule has 1 aliphatic rings. The first kappa shape index (κ1) is 14.7. The molecule has 1 atom stereocenters. The van der Waals surface area contributed by atoms with E-state index in [4.69, 9.17) is 4.74 Å². The molecule has 0 N–H and O–H groups in total. The monoisotopic (exact) mass is 280 g/mol. The molecule has 1 aromatic heterocycles. The van der Waals surface area contributed by atoms with Crippen molar-refractivity contribution in [3.05, 3.63) is 38.3 Å². The van der Waals surface area contributed by atoms with Gasteiger partial charge in [0, 0.05) is 31.8 Å². The molecule has 110 valence electrons. The normalized spacial score (nSPS) is 16.1. The zero-order valence-corrected chi connectivity index (χ0v) is 11.9.